The Hall–Kier alpha value is -2.97. The molecule has 2 aliphatic heterocycles. The molecule has 6 rings (SSSR count). The number of anilines is 1. The van der Waals surface area contributed by atoms with Crippen molar-refractivity contribution in [1.82, 2.24) is 24.8 Å². The first-order valence-electron chi connectivity index (χ1n) is 12.3. The molecule has 15 heteroatoms. The van der Waals surface area contributed by atoms with Crippen LogP contribution in [0.15, 0.2) is 43.0 Å². The standard InChI is InChI=1S/C23H27N6O8P/c30-23(27-14-8-4-5-9-14)28-19-16-20(25-11-24-19)29(12-26-16)21-18-17(15(35-21)10-34-38(31,32)33)36-22(37-18)13-6-2-1-3-7-13/h1-3,6-7,11-12,14-15,17-18,21-22H,4-5,8-10H2,(H2,31,32,33)(H2,24,25,27,28,30)/t15-,17?,18?,21-,22?/m1/s1. The molecule has 0 radical (unpaired) electrons. The number of nitrogens with zero attached hydrogens (tertiary/aromatic N) is 4. The molecule has 2 saturated heterocycles. The Morgan fingerprint density at radius 1 is 1.08 bits per heavy atom. The van der Waals surface area contributed by atoms with Crippen LogP contribution >= 0.6 is 7.82 Å². The molecule has 0 spiro atoms. The number of nitrogens with one attached hydrogen (secondary N) is 2. The molecule has 4 heterocycles. The fraction of sp³-hybridized carbons (Fsp3) is 0.478. The number of urea groups is 1. The molecule has 14 nitrogen and oxygen atoms in total. The molecule has 3 aromatic rings. The highest BCUT2D eigenvalue weighted by atomic mass is 31.2. The highest BCUT2D eigenvalue weighted by molar-refractivity contribution is 7.46. The lowest BCUT2D eigenvalue weighted by molar-refractivity contribution is -0.152. The van der Waals surface area contributed by atoms with Gasteiger partial charge in [-0.15, -0.1) is 0 Å². The molecule has 5 atom stereocenters. The number of amides is 2. The van der Waals surface area contributed by atoms with E-state index in [4.69, 9.17) is 18.7 Å². The van der Waals surface area contributed by atoms with Gasteiger partial charge < -0.3 is 29.3 Å². The van der Waals surface area contributed by atoms with Crippen molar-refractivity contribution in [1.29, 1.82) is 0 Å². The lowest BCUT2D eigenvalue weighted by Gasteiger charge is -2.21. The van der Waals surface area contributed by atoms with Gasteiger partial charge in [0, 0.05) is 11.6 Å². The number of aromatic nitrogens is 4. The van der Waals surface area contributed by atoms with E-state index in [0.29, 0.717) is 11.2 Å². The maximum atomic E-state index is 12.5. The summed E-state index contributed by atoms with van der Waals surface area (Å²) in [5.41, 5.74) is 1.51. The fourth-order valence-electron chi connectivity index (χ4n) is 5.16. The Bertz CT molecular complexity index is 1350. The summed E-state index contributed by atoms with van der Waals surface area (Å²) in [6, 6.07) is 9.08. The fourth-order valence-corrected chi connectivity index (χ4v) is 5.50. The zero-order valence-electron chi connectivity index (χ0n) is 20.1. The molecule has 0 bridgehead atoms. The molecule has 202 valence electrons. The summed E-state index contributed by atoms with van der Waals surface area (Å²) in [7, 11) is -4.74. The number of hydrogen-bond acceptors (Lipinski definition) is 9. The van der Waals surface area contributed by atoms with Crippen LogP contribution in [-0.4, -0.2) is 66.3 Å². The second kappa shape index (κ2) is 10.3. The van der Waals surface area contributed by atoms with E-state index < -0.39 is 45.3 Å². The number of benzene rings is 1. The van der Waals surface area contributed by atoms with E-state index in [1.165, 1.54) is 12.7 Å². The monoisotopic (exact) mass is 546 g/mol. The van der Waals surface area contributed by atoms with Gasteiger partial charge >= 0.3 is 13.9 Å². The van der Waals surface area contributed by atoms with Crippen LogP contribution in [0.1, 0.15) is 43.8 Å². The highest BCUT2D eigenvalue weighted by Gasteiger charge is 2.54. The third kappa shape index (κ3) is 5.16. The zero-order chi connectivity index (χ0) is 26.3. The van der Waals surface area contributed by atoms with E-state index in [9.17, 15) is 19.1 Å². The van der Waals surface area contributed by atoms with E-state index in [1.54, 1.807) is 4.57 Å². The van der Waals surface area contributed by atoms with Crippen LogP contribution in [0, 0.1) is 0 Å². The minimum atomic E-state index is -4.74. The predicted molar refractivity (Wildman–Crippen MR) is 131 cm³/mol. The minimum Gasteiger partial charge on any atom is -0.347 e. The summed E-state index contributed by atoms with van der Waals surface area (Å²) in [5, 5.41) is 5.71. The summed E-state index contributed by atoms with van der Waals surface area (Å²) in [6.07, 6.45) is 3.16. The van der Waals surface area contributed by atoms with Crippen LogP contribution in [-0.2, 0) is 23.3 Å². The van der Waals surface area contributed by atoms with Crippen LogP contribution in [0.25, 0.3) is 11.2 Å². The molecule has 3 unspecified atom stereocenters. The average molecular weight is 546 g/mol. The topological polar surface area (TPSA) is 179 Å². The van der Waals surface area contributed by atoms with Gasteiger partial charge in [-0.05, 0) is 12.8 Å². The Morgan fingerprint density at radius 2 is 1.84 bits per heavy atom. The van der Waals surface area contributed by atoms with Gasteiger partial charge in [0.15, 0.2) is 29.5 Å². The van der Waals surface area contributed by atoms with Crippen LogP contribution < -0.4 is 10.6 Å². The lowest BCUT2D eigenvalue weighted by atomic mass is 10.1. The normalized spacial score (nSPS) is 27.6. The number of fused-ring (bicyclic) bond motifs is 2. The van der Waals surface area contributed by atoms with Gasteiger partial charge in [-0.3, -0.25) is 14.4 Å². The molecule has 3 aliphatic rings. The van der Waals surface area contributed by atoms with Gasteiger partial charge in [-0.25, -0.2) is 24.3 Å². The van der Waals surface area contributed by atoms with Crippen LogP contribution in [0.5, 0.6) is 0 Å². The molecule has 1 aliphatic carbocycles. The molecular formula is C23H27N6O8P. The van der Waals surface area contributed by atoms with E-state index >= 15 is 0 Å². The number of ether oxygens (including phenoxy) is 3. The first kappa shape index (κ1) is 25.3. The molecule has 4 N–H and O–H groups in total. The largest absolute Gasteiger partial charge is 0.469 e. The Morgan fingerprint density at radius 3 is 2.61 bits per heavy atom. The van der Waals surface area contributed by atoms with Gasteiger partial charge in [0.1, 0.15) is 24.6 Å². The number of carbonyl (C=O) groups is 1. The van der Waals surface area contributed by atoms with Crippen molar-refractivity contribution in [2.24, 2.45) is 0 Å². The van der Waals surface area contributed by atoms with Crippen molar-refractivity contribution in [2.45, 2.75) is 62.6 Å². The van der Waals surface area contributed by atoms with E-state index in [2.05, 4.69) is 25.6 Å². The second-order valence-electron chi connectivity index (χ2n) is 9.42. The number of carbonyl (C=O) groups excluding carboxylic acids is 1. The number of rotatable bonds is 7. The zero-order valence-corrected chi connectivity index (χ0v) is 21.0. The maximum Gasteiger partial charge on any atom is 0.469 e. The van der Waals surface area contributed by atoms with Crippen molar-refractivity contribution < 1.29 is 37.9 Å². The molecule has 3 fully saturated rings. The second-order valence-corrected chi connectivity index (χ2v) is 10.7. The molecular weight excluding hydrogens is 519 g/mol. The molecule has 2 aromatic heterocycles. The van der Waals surface area contributed by atoms with Crippen molar-refractivity contribution in [3.05, 3.63) is 48.5 Å². The van der Waals surface area contributed by atoms with Crippen molar-refractivity contribution in [3.63, 3.8) is 0 Å². The van der Waals surface area contributed by atoms with Crippen molar-refractivity contribution >= 4 is 30.8 Å². The smallest absolute Gasteiger partial charge is 0.347 e. The molecule has 2 amide bonds. The van der Waals surface area contributed by atoms with Crippen LogP contribution in [0.2, 0.25) is 0 Å². The number of phosphoric ester groups is 1. The van der Waals surface area contributed by atoms with Gasteiger partial charge in [-0.2, -0.15) is 0 Å². The summed E-state index contributed by atoms with van der Waals surface area (Å²) < 4.78 is 36.2. The van der Waals surface area contributed by atoms with E-state index in [0.717, 1.165) is 31.2 Å². The first-order chi connectivity index (χ1) is 18.4. The Kier molecular flexibility index (Phi) is 6.86. The lowest BCUT2D eigenvalue weighted by Crippen LogP contribution is -2.36. The summed E-state index contributed by atoms with van der Waals surface area (Å²) in [5.74, 6) is 0.242. The van der Waals surface area contributed by atoms with E-state index in [1.807, 2.05) is 30.3 Å². The van der Waals surface area contributed by atoms with Crippen molar-refractivity contribution in [3.8, 4) is 0 Å². The first-order valence-corrected chi connectivity index (χ1v) is 13.9. The van der Waals surface area contributed by atoms with E-state index in [-0.39, 0.29) is 17.9 Å². The summed E-state index contributed by atoms with van der Waals surface area (Å²) >= 11 is 0. The SMILES string of the molecule is O=C(Nc1ncnc2c1ncn2[C@@H]1O[C@H](COP(=O)(O)O)C2OC(c3ccccc3)OC21)NC1CCCC1. The summed E-state index contributed by atoms with van der Waals surface area (Å²) in [6.45, 7) is -0.414. The molecule has 38 heavy (non-hydrogen) atoms. The highest BCUT2D eigenvalue weighted by Crippen LogP contribution is 2.46. The average Bonchev–Trinajstić information content (AvgIpc) is 3.68. The quantitative estimate of drug-likeness (QED) is 0.320. The number of hydrogen-bond donors (Lipinski definition) is 4. The van der Waals surface area contributed by atoms with Crippen LogP contribution in [0.4, 0.5) is 10.6 Å². The Labute approximate surface area is 216 Å². The molecule has 1 saturated carbocycles. The third-order valence-corrected chi connectivity index (χ3v) is 7.37. The number of imidazole rings is 1. The Balaban J connectivity index is 1.26. The van der Waals surface area contributed by atoms with Gasteiger partial charge in [-0.1, -0.05) is 43.2 Å². The van der Waals surface area contributed by atoms with Gasteiger partial charge in [0.05, 0.1) is 12.9 Å². The van der Waals surface area contributed by atoms with Gasteiger partial charge in [0.2, 0.25) is 0 Å². The maximum absolute atomic E-state index is 12.5. The molecule has 1 aromatic carbocycles. The summed E-state index contributed by atoms with van der Waals surface area (Å²) in [4.78, 5) is 43.9. The van der Waals surface area contributed by atoms with Gasteiger partial charge in [0.25, 0.3) is 0 Å². The predicted octanol–water partition coefficient (Wildman–Crippen LogP) is 2.38. The van der Waals surface area contributed by atoms with Crippen LogP contribution in [0.3, 0.4) is 0 Å². The number of phosphoric acid groups is 1. The minimum absolute atomic E-state index is 0.137. The van der Waals surface area contributed by atoms with Crippen molar-refractivity contribution in [2.75, 3.05) is 11.9 Å². The third-order valence-electron chi connectivity index (χ3n) is 6.88.